The van der Waals surface area contributed by atoms with Crippen molar-refractivity contribution in [3.63, 3.8) is 0 Å². The molecule has 0 unspecified atom stereocenters. The highest BCUT2D eigenvalue weighted by Gasteiger charge is 2.53. The molecule has 3 rings (SSSR count). The summed E-state index contributed by atoms with van der Waals surface area (Å²) in [5, 5.41) is 11.5. The molecule has 0 aliphatic carbocycles. The van der Waals surface area contributed by atoms with Gasteiger partial charge in [0.05, 0.1) is 29.4 Å². The second kappa shape index (κ2) is 6.50. The summed E-state index contributed by atoms with van der Waals surface area (Å²) in [7, 11) is 0. The average molecular weight is 370 g/mol. The molecule has 0 spiro atoms. The second-order valence-corrected chi connectivity index (χ2v) is 6.36. The first-order valence-corrected chi connectivity index (χ1v) is 7.92. The predicted octanol–water partition coefficient (Wildman–Crippen LogP) is 2.28. The van der Waals surface area contributed by atoms with E-state index < -0.39 is 43.1 Å². The number of hydrogen-bond acceptors (Lipinski definition) is 3. The molecule has 1 aromatic carbocycles. The van der Waals surface area contributed by atoms with Crippen LogP contribution in [-0.2, 0) is 11.3 Å². The number of amides is 2. The Morgan fingerprint density at radius 2 is 2.12 bits per heavy atom. The van der Waals surface area contributed by atoms with Crippen LogP contribution in [0.4, 0.5) is 18.0 Å². The Bertz CT molecular complexity index is 849. The molecule has 0 saturated carbocycles. The first-order chi connectivity index (χ1) is 12.1. The molecular weight excluding hydrogens is 353 g/mol. The molecule has 2 aromatic rings. The first-order valence-electron chi connectivity index (χ1n) is 7.92. The quantitative estimate of drug-likeness (QED) is 0.772. The molecule has 1 fully saturated rings. The molecule has 0 radical (unpaired) electrons. The third-order valence-corrected chi connectivity index (χ3v) is 4.44. The highest BCUT2D eigenvalue weighted by Crippen LogP contribution is 2.37. The average Bonchev–Trinajstić information content (AvgIpc) is 3.15. The number of urea groups is 1. The molecule has 2 amide bonds. The molecule has 3 N–H and O–H groups in total. The number of rotatable bonds is 3. The van der Waals surface area contributed by atoms with E-state index in [-0.39, 0.29) is 6.54 Å². The molecular formula is C16H17F3N4O3. The van der Waals surface area contributed by atoms with E-state index in [4.69, 9.17) is 5.11 Å². The number of nitrogens with zero attached hydrogens (tertiary/aromatic N) is 2. The number of aliphatic carboxylic acids is 1. The van der Waals surface area contributed by atoms with Gasteiger partial charge in [-0.2, -0.15) is 13.2 Å². The Morgan fingerprint density at radius 1 is 1.38 bits per heavy atom. The van der Waals surface area contributed by atoms with E-state index >= 15 is 0 Å². The van der Waals surface area contributed by atoms with Crippen LogP contribution in [0.1, 0.15) is 11.4 Å². The number of carboxylic acid groups (broad SMARTS) is 1. The first kappa shape index (κ1) is 18.0. The molecule has 1 aromatic heterocycles. The van der Waals surface area contributed by atoms with Crippen LogP contribution in [0.5, 0.6) is 0 Å². The fourth-order valence-corrected chi connectivity index (χ4v) is 3.08. The van der Waals surface area contributed by atoms with Crippen molar-refractivity contribution >= 4 is 23.0 Å². The zero-order valence-electron chi connectivity index (χ0n) is 13.8. The molecule has 2 heterocycles. The summed E-state index contributed by atoms with van der Waals surface area (Å²) in [6.07, 6.45) is -4.67. The largest absolute Gasteiger partial charge is 0.481 e. The summed E-state index contributed by atoms with van der Waals surface area (Å²) in [4.78, 5) is 31.4. The third kappa shape index (κ3) is 3.58. The van der Waals surface area contributed by atoms with Gasteiger partial charge in [0.1, 0.15) is 5.82 Å². The number of hydrogen-bond donors (Lipinski definition) is 3. The van der Waals surface area contributed by atoms with Gasteiger partial charge in [-0.05, 0) is 24.6 Å². The number of carboxylic acids is 1. The van der Waals surface area contributed by atoms with E-state index in [0.717, 1.165) is 16.0 Å². The van der Waals surface area contributed by atoms with Crippen molar-refractivity contribution < 1.29 is 27.9 Å². The fraction of sp³-hybridized carbons (Fsp3) is 0.438. The van der Waals surface area contributed by atoms with Crippen molar-refractivity contribution in [2.24, 2.45) is 11.8 Å². The molecule has 7 nitrogen and oxygen atoms in total. The van der Waals surface area contributed by atoms with Crippen LogP contribution in [0, 0.1) is 18.8 Å². The molecule has 10 heteroatoms. The number of aryl methyl sites for hydroxylation is 1. The van der Waals surface area contributed by atoms with E-state index in [0.29, 0.717) is 11.3 Å². The van der Waals surface area contributed by atoms with Gasteiger partial charge in [0.15, 0.2) is 0 Å². The Morgan fingerprint density at radius 3 is 2.73 bits per heavy atom. The van der Waals surface area contributed by atoms with Gasteiger partial charge in [0.25, 0.3) is 0 Å². The zero-order chi connectivity index (χ0) is 19.1. The number of H-pyrrole nitrogens is 1. The van der Waals surface area contributed by atoms with Crippen LogP contribution < -0.4 is 5.32 Å². The normalized spacial score (nSPS) is 20.5. The maximum absolute atomic E-state index is 13.0. The lowest BCUT2D eigenvalue weighted by Gasteiger charge is -2.18. The summed E-state index contributed by atoms with van der Waals surface area (Å²) in [6, 6.07) is 4.84. The monoisotopic (exact) mass is 370 g/mol. The van der Waals surface area contributed by atoms with Gasteiger partial charge in [0.2, 0.25) is 0 Å². The van der Waals surface area contributed by atoms with Crippen molar-refractivity contribution in [1.29, 1.82) is 0 Å². The van der Waals surface area contributed by atoms with Crippen LogP contribution in [0.15, 0.2) is 18.2 Å². The topological polar surface area (TPSA) is 98.3 Å². The lowest BCUT2D eigenvalue weighted by atomic mass is 9.96. The number of likely N-dealkylation sites (tertiary alicyclic amines) is 1. The number of fused-ring (bicyclic) bond motifs is 1. The standard InChI is InChI=1S/C16H17F3N4O3/c1-8-2-3-11-12(4-8)22-13(21-11)5-20-15(26)23-6-9(14(24)25)10(7-23)16(17,18)19/h2-4,9-10H,5-7H2,1H3,(H,20,26)(H,21,22)(H,24,25)/t9-,10-/m1/s1. The van der Waals surface area contributed by atoms with E-state index in [2.05, 4.69) is 15.3 Å². The van der Waals surface area contributed by atoms with Gasteiger partial charge in [0, 0.05) is 13.1 Å². The SMILES string of the molecule is Cc1ccc2nc(CNC(=O)N3C[C@@H](C(F)(F)F)[C@H](C(=O)O)C3)[nH]c2c1. The lowest BCUT2D eigenvalue weighted by molar-refractivity contribution is -0.187. The van der Waals surface area contributed by atoms with Crippen molar-refractivity contribution in [3.05, 3.63) is 29.6 Å². The summed E-state index contributed by atoms with van der Waals surface area (Å²) < 4.78 is 38.9. The number of nitrogens with one attached hydrogen (secondary N) is 2. The van der Waals surface area contributed by atoms with E-state index in [9.17, 15) is 22.8 Å². The van der Waals surface area contributed by atoms with Gasteiger partial charge < -0.3 is 20.3 Å². The number of aromatic nitrogens is 2. The minimum Gasteiger partial charge on any atom is -0.481 e. The van der Waals surface area contributed by atoms with Crippen molar-refractivity contribution in [3.8, 4) is 0 Å². The highest BCUT2D eigenvalue weighted by molar-refractivity contribution is 5.78. The van der Waals surface area contributed by atoms with E-state index in [1.807, 2.05) is 25.1 Å². The van der Waals surface area contributed by atoms with Gasteiger partial charge >= 0.3 is 18.2 Å². The van der Waals surface area contributed by atoms with Crippen LogP contribution >= 0.6 is 0 Å². The number of benzene rings is 1. The fourth-order valence-electron chi connectivity index (χ4n) is 3.08. The summed E-state index contributed by atoms with van der Waals surface area (Å²) in [5.41, 5.74) is 2.54. The Labute approximate surface area is 146 Å². The Kier molecular flexibility index (Phi) is 4.51. The van der Waals surface area contributed by atoms with Gasteiger partial charge in [-0.15, -0.1) is 0 Å². The van der Waals surface area contributed by atoms with Crippen LogP contribution in [0.3, 0.4) is 0 Å². The van der Waals surface area contributed by atoms with Crippen molar-refractivity contribution in [1.82, 2.24) is 20.2 Å². The number of carbonyl (C=O) groups is 2. The number of imidazole rings is 1. The smallest absolute Gasteiger partial charge is 0.394 e. The molecule has 1 saturated heterocycles. The number of aromatic amines is 1. The van der Waals surface area contributed by atoms with Gasteiger partial charge in [-0.3, -0.25) is 4.79 Å². The van der Waals surface area contributed by atoms with Gasteiger partial charge in [-0.1, -0.05) is 6.07 Å². The predicted molar refractivity (Wildman–Crippen MR) is 85.3 cm³/mol. The minimum absolute atomic E-state index is 0.00250. The molecule has 2 atom stereocenters. The number of carbonyl (C=O) groups excluding carboxylic acids is 1. The Hall–Kier alpha value is -2.78. The van der Waals surface area contributed by atoms with E-state index in [1.165, 1.54) is 0 Å². The van der Waals surface area contributed by atoms with Crippen LogP contribution in [0.2, 0.25) is 0 Å². The molecule has 0 bridgehead atoms. The zero-order valence-corrected chi connectivity index (χ0v) is 13.8. The highest BCUT2D eigenvalue weighted by atomic mass is 19.4. The Balaban J connectivity index is 1.65. The van der Waals surface area contributed by atoms with Crippen LogP contribution in [-0.4, -0.2) is 51.2 Å². The number of halogens is 3. The third-order valence-electron chi connectivity index (χ3n) is 4.44. The lowest BCUT2D eigenvalue weighted by Crippen LogP contribution is -2.39. The number of alkyl halides is 3. The van der Waals surface area contributed by atoms with Crippen LogP contribution in [0.25, 0.3) is 11.0 Å². The maximum atomic E-state index is 13.0. The van der Waals surface area contributed by atoms with Gasteiger partial charge in [-0.25, -0.2) is 9.78 Å². The minimum atomic E-state index is -4.67. The van der Waals surface area contributed by atoms with Crippen molar-refractivity contribution in [2.75, 3.05) is 13.1 Å². The van der Waals surface area contributed by atoms with E-state index in [1.54, 1.807) is 0 Å². The second-order valence-electron chi connectivity index (χ2n) is 6.36. The molecule has 140 valence electrons. The maximum Gasteiger partial charge on any atom is 0.394 e. The van der Waals surface area contributed by atoms with Crippen molar-refractivity contribution in [2.45, 2.75) is 19.6 Å². The molecule has 1 aliphatic rings. The summed E-state index contributed by atoms with van der Waals surface area (Å²) in [6.45, 7) is 0.763. The summed E-state index contributed by atoms with van der Waals surface area (Å²) >= 11 is 0. The molecule has 1 aliphatic heterocycles. The molecule has 26 heavy (non-hydrogen) atoms. The summed E-state index contributed by atoms with van der Waals surface area (Å²) in [5.74, 6) is -4.83.